The molecule has 0 bridgehead atoms. The van der Waals surface area contributed by atoms with E-state index in [4.69, 9.17) is 5.73 Å². The molecule has 0 amide bonds. The minimum absolute atomic E-state index is 0.658. The monoisotopic (exact) mass is 140 g/mol. The summed E-state index contributed by atoms with van der Waals surface area (Å²) in [5.74, 6) is 0. The van der Waals surface area contributed by atoms with Gasteiger partial charge in [0.25, 0.3) is 0 Å². The van der Waals surface area contributed by atoms with E-state index in [0.29, 0.717) is 5.69 Å². The lowest BCUT2D eigenvalue weighted by atomic mass is 10.3. The number of anilines is 1. The van der Waals surface area contributed by atoms with Gasteiger partial charge in [-0.3, -0.25) is 4.98 Å². The Labute approximate surface area is 59.5 Å². The summed E-state index contributed by atoms with van der Waals surface area (Å²) in [6.07, 6.45) is 1.62. The summed E-state index contributed by atoms with van der Waals surface area (Å²) in [5, 5.41) is 0. The first-order valence-electron chi connectivity index (χ1n) is 2.61. The molecule has 1 heterocycles. The molecule has 1 aromatic rings. The number of hydrogen-bond donors (Lipinski definition) is 2. The van der Waals surface area contributed by atoms with Crippen molar-refractivity contribution in [2.24, 2.45) is 0 Å². The van der Waals surface area contributed by atoms with Crippen LogP contribution in [0.15, 0.2) is 17.2 Å². The second-order valence-corrected chi connectivity index (χ2v) is 2.35. The van der Waals surface area contributed by atoms with Crippen molar-refractivity contribution >= 4 is 18.3 Å². The molecule has 2 nitrogen and oxygen atoms in total. The standard InChI is InChI=1S/C6H8N2S/c1-4-6(9)2-5(7)3-8-4/h2-3,9H,7H2,1H3. The van der Waals surface area contributed by atoms with Crippen LogP contribution in [0.5, 0.6) is 0 Å². The molecule has 1 rings (SSSR count). The number of thiol groups is 1. The number of aryl methyl sites for hydroxylation is 1. The van der Waals surface area contributed by atoms with Gasteiger partial charge in [0.05, 0.1) is 17.6 Å². The van der Waals surface area contributed by atoms with Gasteiger partial charge >= 0.3 is 0 Å². The third-order valence-corrected chi connectivity index (χ3v) is 1.53. The van der Waals surface area contributed by atoms with Crippen molar-refractivity contribution in [3.8, 4) is 0 Å². The Balaban J connectivity index is 3.17. The van der Waals surface area contributed by atoms with Crippen LogP contribution in [0.4, 0.5) is 5.69 Å². The lowest BCUT2D eigenvalue weighted by molar-refractivity contribution is 1.12. The summed E-state index contributed by atoms with van der Waals surface area (Å²) in [6.45, 7) is 1.89. The molecule has 48 valence electrons. The number of aromatic nitrogens is 1. The molecule has 0 aliphatic rings. The Morgan fingerprint density at radius 2 is 2.33 bits per heavy atom. The molecule has 0 unspecified atom stereocenters. The first kappa shape index (κ1) is 6.42. The van der Waals surface area contributed by atoms with Crippen molar-refractivity contribution in [1.82, 2.24) is 4.98 Å². The molecule has 0 atom stereocenters. The van der Waals surface area contributed by atoms with E-state index >= 15 is 0 Å². The predicted octanol–water partition coefficient (Wildman–Crippen LogP) is 1.26. The van der Waals surface area contributed by atoms with Crippen molar-refractivity contribution in [1.29, 1.82) is 0 Å². The second kappa shape index (κ2) is 2.27. The quantitative estimate of drug-likeness (QED) is 0.532. The zero-order chi connectivity index (χ0) is 6.85. The molecule has 0 fully saturated rings. The molecule has 0 saturated carbocycles. The SMILES string of the molecule is Cc1ncc(N)cc1S. The molecule has 0 aliphatic heterocycles. The van der Waals surface area contributed by atoms with E-state index in [0.717, 1.165) is 10.6 Å². The fourth-order valence-electron chi connectivity index (χ4n) is 0.537. The average Bonchev–Trinajstić information content (AvgIpc) is 1.80. The summed E-state index contributed by atoms with van der Waals surface area (Å²) in [6, 6.07) is 1.78. The smallest absolute Gasteiger partial charge is 0.0511 e. The average molecular weight is 140 g/mol. The van der Waals surface area contributed by atoms with E-state index in [1.165, 1.54) is 0 Å². The van der Waals surface area contributed by atoms with Gasteiger partial charge in [0.1, 0.15) is 0 Å². The molecule has 0 aromatic carbocycles. The van der Waals surface area contributed by atoms with Crippen molar-refractivity contribution < 1.29 is 0 Å². The van der Waals surface area contributed by atoms with Crippen LogP contribution in [0.1, 0.15) is 5.69 Å². The third-order valence-electron chi connectivity index (χ3n) is 1.08. The highest BCUT2D eigenvalue weighted by atomic mass is 32.1. The highest BCUT2D eigenvalue weighted by molar-refractivity contribution is 7.80. The molecule has 0 radical (unpaired) electrons. The molecular weight excluding hydrogens is 132 g/mol. The van der Waals surface area contributed by atoms with Crippen LogP contribution in [0.3, 0.4) is 0 Å². The van der Waals surface area contributed by atoms with Gasteiger partial charge in [-0.1, -0.05) is 0 Å². The van der Waals surface area contributed by atoms with Crippen LogP contribution in [0.2, 0.25) is 0 Å². The first-order chi connectivity index (χ1) is 4.20. The van der Waals surface area contributed by atoms with Crippen molar-refractivity contribution in [2.45, 2.75) is 11.8 Å². The normalized spacial score (nSPS) is 9.56. The molecule has 3 heteroatoms. The van der Waals surface area contributed by atoms with E-state index in [1.807, 2.05) is 6.92 Å². The van der Waals surface area contributed by atoms with Crippen LogP contribution in [0.25, 0.3) is 0 Å². The molecule has 2 N–H and O–H groups in total. The minimum Gasteiger partial charge on any atom is -0.397 e. The first-order valence-corrected chi connectivity index (χ1v) is 3.06. The number of hydrogen-bond acceptors (Lipinski definition) is 3. The maximum absolute atomic E-state index is 5.42. The lowest BCUT2D eigenvalue weighted by Gasteiger charge is -1.96. The summed E-state index contributed by atoms with van der Waals surface area (Å²) in [4.78, 5) is 4.82. The van der Waals surface area contributed by atoms with E-state index in [9.17, 15) is 0 Å². The Hall–Kier alpha value is -0.700. The molecule has 9 heavy (non-hydrogen) atoms. The number of nitrogens with two attached hydrogens (primary N) is 1. The predicted molar refractivity (Wildman–Crippen MR) is 40.6 cm³/mol. The molecule has 0 aliphatic carbocycles. The Morgan fingerprint density at radius 1 is 1.67 bits per heavy atom. The van der Waals surface area contributed by atoms with Crippen LogP contribution < -0.4 is 5.73 Å². The van der Waals surface area contributed by atoms with Gasteiger partial charge in [0.15, 0.2) is 0 Å². The summed E-state index contributed by atoms with van der Waals surface area (Å²) < 4.78 is 0. The second-order valence-electron chi connectivity index (χ2n) is 1.87. The van der Waals surface area contributed by atoms with E-state index in [-0.39, 0.29) is 0 Å². The number of rotatable bonds is 0. The highest BCUT2D eigenvalue weighted by Gasteiger charge is 1.92. The van der Waals surface area contributed by atoms with Gasteiger partial charge in [-0.05, 0) is 13.0 Å². The maximum atomic E-state index is 5.42. The van der Waals surface area contributed by atoms with Gasteiger partial charge in [-0.2, -0.15) is 0 Å². The molecule has 0 spiro atoms. The van der Waals surface area contributed by atoms with Crippen molar-refractivity contribution in [3.63, 3.8) is 0 Å². The third kappa shape index (κ3) is 1.36. The van der Waals surface area contributed by atoms with E-state index in [1.54, 1.807) is 12.3 Å². The van der Waals surface area contributed by atoms with E-state index in [2.05, 4.69) is 17.6 Å². The van der Waals surface area contributed by atoms with Crippen molar-refractivity contribution in [3.05, 3.63) is 18.0 Å². The largest absolute Gasteiger partial charge is 0.397 e. The van der Waals surface area contributed by atoms with Crippen molar-refractivity contribution in [2.75, 3.05) is 5.73 Å². The summed E-state index contributed by atoms with van der Waals surface area (Å²) >= 11 is 4.13. The van der Waals surface area contributed by atoms with Crippen LogP contribution >= 0.6 is 12.6 Å². The molecule has 0 saturated heterocycles. The minimum atomic E-state index is 0.658. The van der Waals surface area contributed by atoms with Gasteiger partial charge in [-0.25, -0.2) is 0 Å². The Morgan fingerprint density at radius 3 is 2.78 bits per heavy atom. The summed E-state index contributed by atoms with van der Waals surface area (Å²) in [5.41, 5.74) is 6.98. The molecule has 1 aromatic heterocycles. The number of nitrogen functional groups attached to an aromatic ring is 1. The molecular formula is C6H8N2S. The Bertz CT molecular complexity index is 222. The lowest BCUT2D eigenvalue weighted by Crippen LogP contribution is -1.88. The highest BCUT2D eigenvalue weighted by Crippen LogP contribution is 2.12. The Kier molecular flexibility index (Phi) is 1.62. The van der Waals surface area contributed by atoms with Crippen LogP contribution in [-0.4, -0.2) is 4.98 Å². The fourth-order valence-corrected chi connectivity index (χ4v) is 0.744. The van der Waals surface area contributed by atoms with Gasteiger partial charge in [-0.15, -0.1) is 12.6 Å². The number of pyridine rings is 1. The van der Waals surface area contributed by atoms with E-state index < -0.39 is 0 Å². The zero-order valence-electron chi connectivity index (χ0n) is 5.13. The van der Waals surface area contributed by atoms with Gasteiger partial charge in [0.2, 0.25) is 0 Å². The number of nitrogens with zero attached hydrogens (tertiary/aromatic N) is 1. The summed E-state index contributed by atoms with van der Waals surface area (Å²) in [7, 11) is 0. The van der Waals surface area contributed by atoms with Crippen LogP contribution in [0, 0.1) is 6.92 Å². The van der Waals surface area contributed by atoms with Gasteiger partial charge in [0, 0.05) is 4.90 Å². The zero-order valence-corrected chi connectivity index (χ0v) is 6.02. The topological polar surface area (TPSA) is 38.9 Å². The maximum Gasteiger partial charge on any atom is 0.0511 e. The fraction of sp³-hybridized carbons (Fsp3) is 0.167. The van der Waals surface area contributed by atoms with Gasteiger partial charge < -0.3 is 5.73 Å². The van der Waals surface area contributed by atoms with Crippen LogP contribution in [-0.2, 0) is 0 Å².